The second-order valence-electron chi connectivity index (χ2n) is 7.39. The van der Waals surface area contributed by atoms with Crippen LogP contribution in [0.2, 0.25) is 0 Å². The van der Waals surface area contributed by atoms with Crippen LogP contribution in [0.25, 0.3) is 11.1 Å². The summed E-state index contributed by atoms with van der Waals surface area (Å²) in [4.78, 5) is 24.3. The van der Waals surface area contributed by atoms with Gasteiger partial charge < -0.3 is 11.1 Å². The summed E-state index contributed by atoms with van der Waals surface area (Å²) in [6, 6.07) is 18.3. The Morgan fingerprint density at radius 3 is 2.15 bits per heavy atom. The highest BCUT2D eigenvalue weighted by Gasteiger charge is 2.24. The molecule has 0 heterocycles. The van der Waals surface area contributed by atoms with Crippen LogP contribution in [0.5, 0.6) is 0 Å². The third-order valence-corrected chi connectivity index (χ3v) is 5.37. The van der Waals surface area contributed by atoms with Gasteiger partial charge in [-0.2, -0.15) is 0 Å². The van der Waals surface area contributed by atoms with Crippen molar-refractivity contribution in [1.29, 1.82) is 0 Å². The molecule has 0 unspecified atom stereocenters. The van der Waals surface area contributed by atoms with Gasteiger partial charge in [-0.25, -0.2) is 0 Å². The second kappa shape index (κ2) is 9.47. The third-order valence-electron chi connectivity index (χ3n) is 5.37. The van der Waals surface area contributed by atoms with Crippen molar-refractivity contribution >= 4 is 11.7 Å². The van der Waals surface area contributed by atoms with E-state index < -0.39 is 0 Å². The van der Waals surface area contributed by atoms with Crippen LogP contribution in [0.1, 0.15) is 48.9 Å². The molecule has 27 heavy (non-hydrogen) atoms. The van der Waals surface area contributed by atoms with Gasteiger partial charge in [-0.3, -0.25) is 9.59 Å². The molecule has 0 atom stereocenters. The fourth-order valence-electron chi connectivity index (χ4n) is 3.80. The Bertz CT molecular complexity index is 748. The van der Waals surface area contributed by atoms with E-state index in [0.29, 0.717) is 25.3 Å². The largest absolute Gasteiger partial charge is 0.353 e. The highest BCUT2D eigenvalue weighted by atomic mass is 16.1. The Morgan fingerprint density at radius 1 is 0.889 bits per heavy atom. The van der Waals surface area contributed by atoms with Crippen molar-refractivity contribution in [3.8, 4) is 11.1 Å². The summed E-state index contributed by atoms with van der Waals surface area (Å²) >= 11 is 0. The van der Waals surface area contributed by atoms with Crippen LogP contribution in [0.3, 0.4) is 0 Å². The predicted octanol–water partition coefficient (Wildman–Crippen LogP) is 3.95. The quantitative estimate of drug-likeness (QED) is 0.731. The summed E-state index contributed by atoms with van der Waals surface area (Å²) in [5.74, 6) is 0.662. The summed E-state index contributed by atoms with van der Waals surface area (Å²) in [5.41, 5.74) is 8.48. The molecule has 0 spiro atoms. The molecule has 3 N–H and O–H groups in total. The van der Waals surface area contributed by atoms with Crippen LogP contribution < -0.4 is 11.1 Å². The second-order valence-corrected chi connectivity index (χ2v) is 7.39. The minimum absolute atomic E-state index is 0.0375. The number of carbonyl (C=O) groups is 2. The molecule has 1 amide bonds. The van der Waals surface area contributed by atoms with Gasteiger partial charge in [-0.1, -0.05) is 54.6 Å². The maximum Gasteiger partial charge on any atom is 0.221 e. The zero-order valence-electron chi connectivity index (χ0n) is 15.7. The van der Waals surface area contributed by atoms with Gasteiger partial charge in [0.25, 0.3) is 0 Å². The molecule has 2 aromatic rings. The molecule has 142 valence electrons. The molecule has 1 saturated carbocycles. The topological polar surface area (TPSA) is 72.2 Å². The third kappa shape index (κ3) is 5.51. The van der Waals surface area contributed by atoms with Crippen molar-refractivity contribution in [1.82, 2.24) is 5.32 Å². The summed E-state index contributed by atoms with van der Waals surface area (Å²) in [6.07, 6.45) is 4.84. The van der Waals surface area contributed by atoms with Gasteiger partial charge in [0.05, 0.1) is 0 Å². The average molecular weight is 364 g/mol. The van der Waals surface area contributed by atoms with Gasteiger partial charge in [0, 0.05) is 31.0 Å². The van der Waals surface area contributed by atoms with Crippen molar-refractivity contribution in [3.63, 3.8) is 0 Å². The Labute approximate surface area is 161 Å². The van der Waals surface area contributed by atoms with E-state index in [0.717, 1.165) is 42.4 Å². The first-order valence-corrected chi connectivity index (χ1v) is 9.84. The van der Waals surface area contributed by atoms with Crippen molar-refractivity contribution in [3.05, 3.63) is 60.2 Å². The molecular formula is C23H28N2O2. The summed E-state index contributed by atoms with van der Waals surface area (Å²) in [6.45, 7) is 0.388. The monoisotopic (exact) mass is 364 g/mol. The number of carbonyl (C=O) groups excluding carboxylic acids is 2. The zero-order valence-corrected chi connectivity index (χ0v) is 15.7. The molecule has 4 nitrogen and oxygen atoms in total. The normalized spacial score (nSPS) is 19.4. The van der Waals surface area contributed by atoms with Crippen LogP contribution >= 0.6 is 0 Å². The van der Waals surface area contributed by atoms with Gasteiger partial charge in [0.2, 0.25) is 5.91 Å². The molecular weight excluding hydrogens is 336 g/mol. The number of nitrogens with two attached hydrogens (primary N) is 1. The molecule has 0 bridgehead atoms. The predicted molar refractivity (Wildman–Crippen MR) is 108 cm³/mol. The first-order chi connectivity index (χ1) is 13.2. The van der Waals surface area contributed by atoms with E-state index in [2.05, 4.69) is 17.4 Å². The number of nitrogens with one attached hydrogen (secondary N) is 1. The smallest absolute Gasteiger partial charge is 0.221 e. The molecule has 0 saturated heterocycles. The van der Waals surface area contributed by atoms with Gasteiger partial charge in [-0.15, -0.1) is 0 Å². The Kier molecular flexibility index (Phi) is 6.77. The number of ketones is 1. The van der Waals surface area contributed by atoms with Gasteiger partial charge in [0.15, 0.2) is 5.78 Å². The Balaban J connectivity index is 1.49. The van der Waals surface area contributed by atoms with Crippen LogP contribution in [0.15, 0.2) is 54.6 Å². The van der Waals surface area contributed by atoms with Crippen molar-refractivity contribution in [2.45, 2.75) is 44.6 Å². The molecule has 0 aliphatic heterocycles. The summed E-state index contributed by atoms with van der Waals surface area (Å²) in [7, 11) is 0. The first kappa shape index (κ1) is 19.3. The minimum atomic E-state index is 0.0375. The molecule has 4 heteroatoms. The number of hydrogen-bond acceptors (Lipinski definition) is 3. The van der Waals surface area contributed by atoms with E-state index in [1.807, 2.05) is 42.5 Å². The SMILES string of the molecule is NCCC(=O)NC1CCC(CC(=O)c2ccc(-c3ccccc3)cc2)CC1. The molecule has 1 fully saturated rings. The Hall–Kier alpha value is -2.46. The van der Waals surface area contributed by atoms with Crippen LogP contribution in [0, 0.1) is 5.92 Å². The maximum absolute atomic E-state index is 12.6. The van der Waals surface area contributed by atoms with Crippen molar-refractivity contribution < 1.29 is 9.59 Å². The lowest BCUT2D eigenvalue weighted by Crippen LogP contribution is -2.38. The van der Waals surface area contributed by atoms with Crippen LogP contribution in [-0.2, 0) is 4.79 Å². The van der Waals surface area contributed by atoms with E-state index >= 15 is 0 Å². The summed E-state index contributed by atoms with van der Waals surface area (Å²) in [5, 5.41) is 3.04. The molecule has 1 aliphatic carbocycles. The van der Waals surface area contributed by atoms with E-state index in [1.165, 1.54) is 0 Å². The fraction of sp³-hybridized carbons (Fsp3) is 0.391. The van der Waals surface area contributed by atoms with Gasteiger partial charge in [-0.05, 0) is 42.7 Å². The number of hydrogen-bond donors (Lipinski definition) is 2. The van der Waals surface area contributed by atoms with Crippen molar-refractivity contribution in [2.75, 3.05) is 6.54 Å². The molecule has 0 aromatic heterocycles. The van der Waals surface area contributed by atoms with Crippen LogP contribution in [-0.4, -0.2) is 24.3 Å². The number of benzene rings is 2. The average Bonchev–Trinajstić information content (AvgIpc) is 2.70. The first-order valence-electron chi connectivity index (χ1n) is 9.84. The van der Waals surface area contributed by atoms with Crippen molar-refractivity contribution in [2.24, 2.45) is 11.7 Å². The lowest BCUT2D eigenvalue weighted by molar-refractivity contribution is -0.121. The molecule has 0 radical (unpaired) electrons. The standard InChI is InChI=1S/C23H28N2O2/c24-15-14-23(27)25-21-12-6-17(7-13-21)16-22(26)20-10-8-19(9-11-20)18-4-2-1-3-5-18/h1-5,8-11,17,21H,6-7,12-16,24H2,(H,25,27). The van der Waals surface area contributed by atoms with E-state index in [9.17, 15) is 9.59 Å². The number of rotatable bonds is 7. The van der Waals surface area contributed by atoms with E-state index in [1.54, 1.807) is 0 Å². The molecule has 3 rings (SSSR count). The van der Waals surface area contributed by atoms with Gasteiger partial charge in [0.1, 0.15) is 0 Å². The Morgan fingerprint density at radius 2 is 1.52 bits per heavy atom. The minimum Gasteiger partial charge on any atom is -0.353 e. The van der Waals surface area contributed by atoms with E-state index in [4.69, 9.17) is 5.73 Å². The zero-order chi connectivity index (χ0) is 19.1. The highest BCUT2D eigenvalue weighted by molar-refractivity contribution is 5.96. The van der Waals surface area contributed by atoms with Gasteiger partial charge >= 0.3 is 0 Å². The molecule has 2 aromatic carbocycles. The molecule has 1 aliphatic rings. The lowest BCUT2D eigenvalue weighted by atomic mass is 9.82. The summed E-state index contributed by atoms with van der Waals surface area (Å²) < 4.78 is 0. The highest BCUT2D eigenvalue weighted by Crippen LogP contribution is 2.28. The fourth-order valence-corrected chi connectivity index (χ4v) is 3.80. The number of amides is 1. The van der Waals surface area contributed by atoms with E-state index in [-0.39, 0.29) is 17.7 Å². The maximum atomic E-state index is 12.6. The van der Waals surface area contributed by atoms with Crippen LogP contribution in [0.4, 0.5) is 0 Å². The lowest BCUT2D eigenvalue weighted by Gasteiger charge is -2.28. The number of Topliss-reactive ketones (excluding diaryl/α,β-unsaturated/α-hetero) is 1.